The number of carbonyl (C=O) groups excluding carboxylic acids is 2. The van der Waals surface area contributed by atoms with Gasteiger partial charge in [-0.25, -0.2) is 0 Å². The molecule has 3 nitrogen and oxygen atoms in total. The maximum absolute atomic E-state index is 12.4. The zero-order valence-electron chi connectivity index (χ0n) is 14.0. The highest BCUT2D eigenvalue weighted by atomic mass is 16.2. The van der Waals surface area contributed by atoms with Crippen molar-refractivity contribution in [3.63, 3.8) is 0 Å². The number of nitrogens with one attached hydrogen (secondary N) is 1. The molecule has 1 unspecified atom stereocenters. The van der Waals surface area contributed by atoms with Gasteiger partial charge in [-0.05, 0) is 42.4 Å². The Morgan fingerprint density at radius 3 is 1.90 bits per heavy atom. The SMILES string of the molecule is CC(C)CC1C(=O)NC(=O)CC1(CC(C)C)CC(C)C. The predicted octanol–water partition coefficient (Wildman–Crippen LogP) is 3.77. The van der Waals surface area contributed by atoms with Crippen molar-refractivity contribution in [3.05, 3.63) is 0 Å². The molecule has 1 saturated heterocycles. The number of carbonyl (C=O) groups is 2. The van der Waals surface area contributed by atoms with Crippen molar-refractivity contribution in [2.75, 3.05) is 0 Å². The predicted molar refractivity (Wildman–Crippen MR) is 82.1 cm³/mol. The molecule has 1 fully saturated rings. The Kier molecular flexibility index (Phi) is 5.79. The second-order valence-electron chi connectivity index (χ2n) is 7.83. The molecule has 1 aliphatic rings. The van der Waals surface area contributed by atoms with Gasteiger partial charge in [0, 0.05) is 12.3 Å². The number of amides is 2. The molecule has 3 heteroatoms. The molecule has 0 saturated carbocycles. The Morgan fingerprint density at radius 2 is 1.50 bits per heavy atom. The van der Waals surface area contributed by atoms with Crippen LogP contribution >= 0.6 is 0 Å². The second-order valence-corrected chi connectivity index (χ2v) is 7.83. The molecule has 0 aliphatic carbocycles. The smallest absolute Gasteiger partial charge is 0.230 e. The third-order valence-corrected chi connectivity index (χ3v) is 4.17. The lowest BCUT2D eigenvalue weighted by atomic mass is 9.60. The summed E-state index contributed by atoms with van der Waals surface area (Å²) in [5.74, 6) is 1.32. The first kappa shape index (κ1) is 17.2. The zero-order chi connectivity index (χ0) is 15.5. The van der Waals surface area contributed by atoms with E-state index in [1.165, 1.54) is 0 Å². The third kappa shape index (κ3) is 4.32. The molecule has 1 N–H and O–H groups in total. The van der Waals surface area contributed by atoms with E-state index in [0.717, 1.165) is 19.3 Å². The van der Waals surface area contributed by atoms with Crippen molar-refractivity contribution in [2.24, 2.45) is 29.1 Å². The van der Waals surface area contributed by atoms with Crippen LogP contribution in [0.3, 0.4) is 0 Å². The van der Waals surface area contributed by atoms with E-state index in [1.807, 2.05) is 0 Å². The lowest BCUT2D eigenvalue weighted by molar-refractivity contribution is -0.146. The van der Waals surface area contributed by atoms with Gasteiger partial charge >= 0.3 is 0 Å². The highest BCUT2D eigenvalue weighted by Crippen LogP contribution is 2.48. The average molecular weight is 281 g/mol. The molecule has 0 bridgehead atoms. The van der Waals surface area contributed by atoms with Crippen molar-refractivity contribution in [1.82, 2.24) is 5.32 Å². The molecule has 1 rings (SSSR count). The molecule has 1 heterocycles. The number of hydrogen-bond donors (Lipinski definition) is 1. The molecule has 0 aromatic carbocycles. The van der Waals surface area contributed by atoms with Crippen molar-refractivity contribution in [1.29, 1.82) is 0 Å². The normalized spacial score (nSPS) is 22.8. The van der Waals surface area contributed by atoms with Gasteiger partial charge in [0.1, 0.15) is 0 Å². The summed E-state index contributed by atoms with van der Waals surface area (Å²) in [5.41, 5.74) is -0.147. The van der Waals surface area contributed by atoms with E-state index in [1.54, 1.807) is 0 Å². The van der Waals surface area contributed by atoms with E-state index < -0.39 is 0 Å². The Morgan fingerprint density at radius 1 is 1.00 bits per heavy atom. The van der Waals surface area contributed by atoms with Crippen LogP contribution in [-0.4, -0.2) is 11.8 Å². The van der Waals surface area contributed by atoms with Crippen LogP contribution in [0.1, 0.15) is 67.2 Å². The number of piperidine rings is 1. The summed E-state index contributed by atoms with van der Waals surface area (Å²) in [4.78, 5) is 24.3. The fourth-order valence-corrected chi connectivity index (χ4v) is 3.96. The first-order valence-corrected chi connectivity index (χ1v) is 8.00. The summed E-state index contributed by atoms with van der Waals surface area (Å²) < 4.78 is 0. The maximum Gasteiger partial charge on any atom is 0.230 e. The van der Waals surface area contributed by atoms with Crippen molar-refractivity contribution in [2.45, 2.75) is 67.2 Å². The van der Waals surface area contributed by atoms with E-state index in [4.69, 9.17) is 0 Å². The molecule has 0 radical (unpaired) electrons. The topological polar surface area (TPSA) is 46.2 Å². The average Bonchev–Trinajstić information content (AvgIpc) is 2.20. The van der Waals surface area contributed by atoms with Crippen LogP contribution in [0.4, 0.5) is 0 Å². The van der Waals surface area contributed by atoms with Crippen LogP contribution in [0.25, 0.3) is 0 Å². The first-order valence-electron chi connectivity index (χ1n) is 8.00. The van der Waals surface area contributed by atoms with Crippen LogP contribution in [0.15, 0.2) is 0 Å². The maximum atomic E-state index is 12.4. The number of hydrogen-bond acceptors (Lipinski definition) is 2. The van der Waals surface area contributed by atoms with Crippen molar-refractivity contribution < 1.29 is 9.59 Å². The summed E-state index contributed by atoms with van der Waals surface area (Å²) >= 11 is 0. The minimum absolute atomic E-state index is 0.0231. The van der Waals surface area contributed by atoms with Gasteiger partial charge in [0.05, 0.1) is 0 Å². The Hall–Kier alpha value is -0.860. The minimum Gasteiger partial charge on any atom is -0.296 e. The Bertz CT molecular complexity index is 348. The van der Waals surface area contributed by atoms with Crippen LogP contribution in [-0.2, 0) is 9.59 Å². The largest absolute Gasteiger partial charge is 0.296 e. The van der Waals surface area contributed by atoms with E-state index in [9.17, 15) is 9.59 Å². The summed E-state index contributed by atoms with van der Waals surface area (Å²) in [6, 6.07) is 0. The summed E-state index contributed by atoms with van der Waals surface area (Å²) in [7, 11) is 0. The molecule has 2 amide bonds. The second kappa shape index (κ2) is 6.73. The highest BCUT2D eigenvalue weighted by molar-refractivity contribution is 5.99. The molecule has 20 heavy (non-hydrogen) atoms. The molecule has 0 spiro atoms. The fraction of sp³-hybridized carbons (Fsp3) is 0.882. The van der Waals surface area contributed by atoms with Crippen LogP contribution in [0.2, 0.25) is 0 Å². The third-order valence-electron chi connectivity index (χ3n) is 4.17. The monoisotopic (exact) mass is 281 g/mol. The molecule has 0 aromatic rings. The van der Waals surface area contributed by atoms with Crippen LogP contribution in [0.5, 0.6) is 0 Å². The molecular formula is C17H31NO2. The van der Waals surface area contributed by atoms with E-state index in [-0.39, 0.29) is 23.1 Å². The van der Waals surface area contributed by atoms with Crippen molar-refractivity contribution in [3.8, 4) is 0 Å². The fourth-order valence-electron chi connectivity index (χ4n) is 3.96. The lowest BCUT2D eigenvalue weighted by Gasteiger charge is -2.45. The molecule has 1 atom stereocenters. The number of imide groups is 1. The molecule has 0 aromatic heterocycles. The van der Waals surface area contributed by atoms with Crippen LogP contribution in [0, 0.1) is 29.1 Å². The molecule has 116 valence electrons. The lowest BCUT2D eigenvalue weighted by Crippen LogP contribution is -2.53. The number of rotatable bonds is 6. The summed E-state index contributed by atoms with van der Waals surface area (Å²) in [6.45, 7) is 13.0. The highest BCUT2D eigenvalue weighted by Gasteiger charge is 2.48. The van der Waals surface area contributed by atoms with Gasteiger partial charge < -0.3 is 0 Å². The standard InChI is InChI=1S/C17H31NO2/c1-11(2)7-14-16(20)18-15(19)10-17(14,8-12(3)4)9-13(5)6/h11-14H,7-10H2,1-6H3,(H,18,19,20). The van der Waals surface area contributed by atoms with Gasteiger partial charge in [0.25, 0.3) is 0 Å². The van der Waals surface area contributed by atoms with Gasteiger partial charge in [-0.1, -0.05) is 41.5 Å². The van der Waals surface area contributed by atoms with E-state index >= 15 is 0 Å². The van der Waals surface area contributed by atoms with Gasteiger partial charge in [0.2, 0.25) is 11.8 Å². The molecular weight excluding hydrogens is 250 g/mol. The quantitative estimate of drug-likeness (QED) is 0.753. The van der Waals surface area contributed by atoms with Gasteiger partial charge in [-0.3, -0.25) is 14.9 Å². The summed E-state index contributed by atoms with van der Waals surface area (Å²) in [6.07, 6.45) is 3.30. The van der Waals surface area contributed by atoms with Gasteiger partial charge in [0.15, 0.2) is 0 Å². The van der Waals surface area contributed by atoms with Crippen molar-refractivity contribution >= 4 is 11.8 Å². The minimum atomic E-state index is -0.147. The zero-order valence-corrected chi connectivity index (χ0v) is 14.0. The van der Waals surface area contributed by atoms with Gasteiger partial charge in [-0.2, -0.15) is 0 Å². The van der Waals surface area contributed by atoms with E-state index in [0.29, 0.717) is 24.2 Å². The Balaban J connectivity index is 3.14. The summed E-state index contributed by atoms with van der Waals surface area (Å²) in [5, 5.41) is 2.56. The first-order chi connectivity index (χ1) is 9.16. The Labute approximate surface area is 123 Å². The van der Waals surface area contributed by atoms with Gasteiger partial charge in [-0.15, -0.1) is 0 Å². The van der Waals surface area contributed by atoms with Crippen LogP contribution < -0.4 is 5.32 Å². The molecule has 1 aliphatic heterocycles. The van der Waals surface area contributed by atoms with E-state index in [2.05, 4.69) is 46.9 Å².